The Labute approximate surface area is 170 Å². The molecule has 2 aromatic carbocycles. The molecule has 0 radical (unpaired) electrons. The molecule has 9 nitrogen and oxygen atoms in total. The van der Waals surface area contributed by atoms with Crippen molar-refractivity contribution in [3.8, 4) is 11.5 Å². The largest absolute Gasteiger partial charge is 0.456 e. The van der Waals surface area contributed by atoms with Gasteiger partial charge in [-0.1, -0.05) is 18.2 Å². The molecule has 3 aromatic rings. The Morgan fingerprint density at radius 3 is 2.70 bits per heavy atom. The summed E-state index contributed by atoms with van der Waals surface area (Å²) < 4.78 is 10.9. The molecule has 0 bridgehead atoms. The number of carbonyl (C=O) groups excluding carboxylic acids is 3. The van der Waals surface area contributed by atoms with Gasteiger partial charge in [0.1, 0.15) is 6.54 Å². The van der Waals surface area contributed by atoms with Crippen LogP contribution in [0.5, 0.6) is 0 Å². The van der Waals surface area contributed by atoms with Crippen LogP contribution in [0.15, 0.2) is 57.7 Å². The van der Waals surface area contributed by atoms with Crippen molar-refractivity contribution in [3.63, 3.8) is 0 Å². The van der Waals surface area contributed by atoms with Gasteiger partial charge in [0.15, 0.2) is 12.4 Å². The van der Waals surface area contributed by atoms with Crippen LogP contribution in [-0.4, -0.2) is 34.0 Å². The van der Waals surface area contributed by atoms with Crippen molar-refractivity contribution in [1.29, 1.82) is 0 Å². The molecule has 1 atom stereocenters. The monoisotopic (exact) mass is 407 g/mol. The zero-order valence-electron chi connectivity index (χ0n) is 16.0. The van der Waals surface area contributed by atoms with Crippen molar-refractivity contribution in [1.82, 2.24) is 9.78 Å². The Kier molecular flexibility index (Phi) is 5.01. The van der Waals surface area contributed by atoms with E-state index in [-0.39, 0.29) is 17.7 Å². The summed E-state index contributed by atoms with van der Waals surface area (Å²) in [5.74, 6) is -2.43. The number of esters is 1. The number of aromatic nitrogens is 2. The van der Waals surface area contributed by atoms with E-state index >= 15 is 0 Å². The normalized spacial score (nSPS) is 14.8. The Morgan fingerprint density at radius 1 is 1.17 bits per heavy atom. The van der Waals surface area contributed by atoms with E-state index in [1.807, 2.05) is 6.07 Å². The fraction of sp³-hybridized carbons (Fsp3) is 0.190. The van der Waals surface area contributed by atoms with Crippen LogP contribution in [0.2, 0.25) is 0 Å². The van der Waals surface area contributed by atoms with Crippen molar-refractivity contribution >= 4 is 23.3 Å². The number of hydrogen-bond donors (Lipinski definition) is 1. The van der Waals surface area contributed by atoms with Gasteiger partial charge in [0.25, 0.3) is 0 Å². The number of hydrogen-bond acceptors (Lipinski definition) is 7. The number of amides is 1. The number of ketones is 1. The molecule has 1 aromatic heterocycles. The van der Waals surface area contributed by atoms with Crippen molar-refractivity contribution in [2.24, 2.45) is 0 Å². The molecule has 0 saturated carbocycles. The van der Waals surface area contributed by atoms with Gasteiger partial charge in [0.05, 0.1) is 5.92 Å². The van der Waals surface area contributed by atoms with Crippen LogP contribution in [0.3, 0.4) is 0 Å². The minimum Gasteiger partial charge on any atom is -0.456 e. The number of fused-ring (bicyclic) bond motifs is 1. The first-order valence-electron chi connectivity index (χ1n) is 9.19. The SMILES string of the molecule is C[C@H]1C(=O)Nc2ccc(C(=O)COC(=O)Cn3nc(-c4ccccc4)oc3=O)cc21. The lowest BCUT2D eigenvalue weighted by molar-refractivity contribution is -0.143. The summed E-state index contributed by atoms with van der Waals surface area (Å²) in [6.45, 7) is 0.766. The third-order valence-corrected chi connectivity index (χ3v) is 4.76. The highest BCUT2D eigenvalue weighted by atomic mass is 16.5. The molecule has 4 rings (SSSR count). The Bertz CT molecular complexity index is 1190. The van der Waals surface area contributed by atoms with Crippen LogP contribution in [-0.2, 0) is 20.9 Å². The molecule has 1 N–H and O–H groups in total. The van der Waals surface area contributed by atoms with Crippen molar-refractivity contribution in [2.75, 3.05) is 11.9 Å². The number of ether oxygens (including phenoxy) is 1. The second kappa shape index (κ2) is 7.78. The molecule has 152 valence electrons. The zero-order valence-corrected chi connectivity index (χ0v) is 16.0. The third-order valence-electron chi connectivity index (χ3n) is 4.76. The molecule has 0 aliphatic carbocycles. The molecular formula is C21H17N3O6. The molecule has 30 heavy (non-hydrogen) atoms. The van der Waals surface area contributed by atoms with Crippen LogP contribution in [0.1, 0.15) is 28.8 Å². The van der Waals surface area contributed by atoms with Crippen molar-refractivity contribution in [2.45, 2.75) is 19.4 Å². The maximum absolute atomic E-state index is 12.4. The average molecular weight is 407 g/mol. The minimum absolute atomic E-state index is 0.0832. The predicted molar refractivity (Wildman–Crippen MR) is 105 cm³/mol. The van der Waals surface area contributed by atoms with Gasteiger partial charge in [-0.2, -0.15) is 4.68 Å². The van der Waals surface area contributed by atoms with Crippen LogP contribution < -0.4 is 11.1 Å². The standard InChI is InChI=1S/C21H17N3O6/c1-12-15-9-14(7-8-16(15)22-19(12)27)17(25)11-29-18(26)10-24-21(28)30-20(23-24)13-5-3-2-4-6-13/h2-9,12H,10-11H2,1H3,(H,22,27)/t12-/m1/s1. The lowest BCUT2D eigenvalue weighted by Crippen LogP contribution is -2.24. The second-order valence-electron chi connectivity index (χ2n) is 6.79. The molecule has 0 unspecified atom stereocenters. The summed E-state index contributed by atoms with van der Waals surface area (Å²) in [5.41, 5.74) is 2.31. The summed E-state index contributed by atoms with van der Waals surface area (Å²) in [6.07, 6.45) is 0. The lowest BCUT2D eigenvalue weighted by Gasteiger charge is -2.06. The van der Waals surface area contributed by atoms with Crippen molar-refractivity contribution < 1.29 is 23.5 Å². The Balaban J connectivity index is 1.38. The van der Waals surface area contributed by atoms with E-state index in [1.165, 1.54) is 0 Å². The van der Waals surface area contributed by atoms with E-state index in [4.69, 9.17) is 9.15 Å². The number of anilines is 1. The van der Waals surface area contributed by atoms with Gasteiger partial charge in [-0.3, -0.25) is 14.4 Å². The van der Waals surface area contributed by atoms with Crippen LogP contribution in [0.25, 0.3) is 11.5 Å². The summed E-state index contributed by atoms with van der Waals surface area (Å²) >= 11 is 0. The molecule has 2 heterocycles. The second-order valence-corrected chi connectivity index (χ2v) is 6.79. The molecule has 0 saturated heterocycles. The van der Waals surface area contributed by atoms with Gasteiger partial charge in [0.2, 0.25) is 11.8 Å². The number of carbonyl (C=O) groups is 3. The number of nitrogens with zero attached hydrogens (tertiary/aromatic N) is 2. The third kappa shape index (κ3) is 3.77. The zero-order chi connectivity index (χ0) is 21.3. The first-order chi connectivity index (χ1) is 14.4. The highest BCUT2D eigenvalue weighted by molar-refractivity contribution is 6.05. The highest BCUT2D eigenvalue weighted by Crippen LogP contribution is 2.32. The molecular weight excluding hydrogens is 390 g/mol. The van der Waals surface area contributed by atoms with Crippen LogP contribution in [0.4, 0.5) is 5.69 Å². The molecule has 1 amide bonds. The minimum atomic E-state index is -0.804. The smallest absolute Gasteiger partial charge is 0.437 e. The Morgan fingerprint density at radius 2 is 1.93 bits per heavy atom. The van der Waals surface area contributed by atoms with Crippen molar-refractivity contribution in [3.05, 3.63) is 70.2 Å². The van der Waals surface area contributed by atoms with Gasteiger partial charge in [-0.15, -0.1) is 5.10 Å². The predicted octanol–water partition coefficient (Wildman–Crippen LogP) is 1.98. The fourth-order valence-corrected chi connectivity index (χ4v) is 3.09. The molecule has 0 spiro atoms. The summed E-state index contributed by atoms with van der Waals surface area (Å²) in [6, 6.07) is 13.6. The topological polar surface area (TPSA) is 120 Å². The van der Waals surface area contributed by atoms with Crippen LogP contribution >= 0.6 is 0 Å². The van der Waals surface area contributed by atoms with Gasteiger partial charge in [-0.25, -0.2) is 4.79 Å². The molecule has 1 aliphatic heterocycles. The molecule has 1 aliphatic rings. The quantitative estimate of drug-likeness (QED) is 0.490. The maximum atomic E-state index is 12.4. The lowest BCUT2D eigenvalue weighted by atomic mass is 9.99. The van der Waals surface area contributed by atoms with Gasteiger partial charge < -0.3 is 14.5 Å². The van der Waals surface area contributed by atoms with Gasteiger partial charge >= 0.3 is 11.7 Å². The highest BCUT2D eigenvalue weighted by Gasteiger charge is 2.27. The van der Waals surface area contributed by atoms with E-state index in [0.717, 1.165) is 10.2 Å². The first-order valence-corrected chi connectivity index (χ1v) is 9.19. The number of rotatable bonds is 6. The fourth-order valence-electron chi connectivity index (χ4n) is 3.09. The number of nitrogens with one attached hydrogen (secondary N) is 1. The summed E-state index contributed by atoms with van der Waals surface area (Å²) in [7, 11) is 0. The Hall–Kier alpha value is -4.01. The summed E-state index contributed by atoms with van der Waals surface area (Å²) in [5, 5.41) is 6.70. The first kappa shape index (κ1) is 19.3. The number of benzene rings is 2. The molecule has 9 heteroatoms. The van der Waals surface area contributed by atoms with Crippen LogP contribution in [0, 0.1) is 0 Å². The summed E-state index contributed by atoms with van der Waals surface area (Å²) in [4.78, 5) is 48.0. The van der Waals surface area contributed by atoms with Gasteiger partial charge in [-0.05, 0) is 42.8 Å². The number of Topliss-reactive ketones (excluding diaryl/α,β-unsaturated/α-hetero) is 1. The van der Waals surface area contributed by atoms with Gasteiger partial charge in [0, 0.05) is 16.8 Å². The van der Waals surface area contributed by atoms with E-state index in [1.54, 1.807) is 49.4 Å². The average Bonchev–Trinajstić information content (AvgIpc) is 3.25. The van der Waals surface area contributed by atoms with E-state index in [2.05, 4.69) is 10.4 Å². The van der Waals surface area contributed by atoms with E-state index in [9.17, 15) is 19.2 Å². The molecule has 0 fully saturated rings. The van der Waals surface area contributed by atoms with E-state index in [0.29, 0.717) is 16.8 Å². The van der Waals surface area contributed by atoms with E-state index < -0.39 is 30.7 Å². The maximum Gasteiger partial charge on any atom is 0.437 e.